The van der Waals surface area contributed by atoms with Crippen molar-refractivity contribution in [3.63, 3.8) is 0 Å². The van der Waals surface area contributed by atoms with Crippen LogP contribution < -0.4 is 15.4 Å². The zero-order chi connectivity index (χ0) is 23.4. The van der Waals surface area contributed by atoms with Gasteiger partial charge in [-0.25, -0.2) is 13.1 Å². The van der Waals surface area contributed by atoms with Crippen LogP contribution >= 0.6 is 0 Å². The molecule has 0 aromatic heterocycles. The SMILES string of the molecule is O=C(CC(NCCOCCO)C(=O)O)Nc1ccc(S(=O)(=O)NCc2ccccc2)cc1. The summed E-state index contributed by atoms with van der Waals surface area (Å²) in [5, 5.41) is 23.1. The average Bonchev–Trinajstić information content (AvgIpc) is 2.78. The van der Waals surface area contributed by atoms with Crippen molar-refractivity contribution in [2.75, 3.05) is 31.7 Å². The number of hydrogen-bond acceptors (Lipinski definition) is 7. The van der Waals surface area contributed by atoms with E-state index >= 15 is 0 Å². The van der Waals surface area contributed by atoms with Gasteiger partial charge in [0, 0.05) is 18.8 Å². The standard InChI is InChI=1S/C21H27N3O7S/c25-11-13-31-12-10-22-19(21(27)28)14-20(26)24-17-6-8-18(9-7-17)32(29,30)23-15-16-4-2-1-3-5-16/h1-9,19,22-23,25H,10-15H2,(H,24,26)(H,27,28). The van der Waals surface area contributed by atoms with Crippen LogP contribution in [0.4, 0.5) is 5.69 Å². The summed E-state index contributed by atoms with van der Waals surface area (Å²) in [7, 11) is -3.73. The molecule has 0 aliphatic heterocycles. The number of carboxylic acid groups (broad SMARTS) is 1. The fraction of sp³-hybridized carbons (Fsp3) is 0.333. The van der Waals surface area contributed by atoms with Gasteiger partial charge in [0.05, 0.1) is 31.1 Å². The number of aliphatic hydroxyl groups is 1. The van der Waals surface area contributed by atoms with E-state index in [0.717, 1.165) is 5.56 Å². The first-order valence-electron chi connectivity index (χ1n) is 9.90. The molecule has 1 atom stereocenters. The Morgan fingerprint density at radius 3 is 2.31 bits per heavy atom. The molecule has 0 spiro atoms. The summed E-state index contributed by atoms with van der Waals surface area (Å²) in [6, 6.07) is 13.5. The van der Waals surface area contributed by atoms with Gasteiger partial charge in [0.25, 0.3) is 0 Å². The lowest BCUT2D eigenvalue weighted by Crippen LogP contribution is -2.41. The van der Waals surface area contributed by atoms with E-state index in [1.807, 2.05) is 30.3 Å². The van der Waals surface area contributed by atoms with Crippen molar-refractivity contribution in [2.24, 2.45) is 0 Å². The average molecular weight is 466 g/mol. The second kappa shape index (κ2) is 12.9. The molecule has 0 saturated heterocycles. The van der Waals surface area contributed by atoms with Crippen LogP contribution in [0.1, 0.15) is 12.0 Å². The maximum atomic E-state index is 12.4. The summed E-state index contributed by atoms with van der Waals surface area (Å²) in [5.41, 5.74) is 1.16. The summed E-state index contributed by atoms with van der Waals surface area (Å²) < 4.78 is 32.4. The largest absolute Gasteiger partial charge is 0.480 e. The number of rotatable bonds is 14. The van der Waals surface area contributed by atoms with E-state index in [2.05, 4.69) is 15.4 Å². The summed E-state index contributed by atoms with van der Waals surface area (Å²) in [5.74, 6) is -1.73. The summed E-state index contributed by atoms with van der Waals surface area (Å²) in [4.78, 5) is 23.6. The minimum absolute atomic E-state index is 0.0411. The normalized spacial score (nSPS) is 12.3. The number of carbonyl (C=O) groups is 2. The zero-order valence-corrected chi connectivity index (χ0v) is 18.2. The van der Waals surface area contributed by atoms with Crippen LogP contribution in [0.15, 0.2) is 59.5 Å². The third-order valence-corrected chi connectivity index (χ3v) is 5.74. The highest BCUT2D eigenvalue weighted by molar-refractivity contribution is 7.89. The van der Waals surface area contributed by atoms with Gasteiger partial charge in [-0.05, 0) is 29.8 Å². The van der Waals surface area contributed by atoms with E-state index < -0.39 is 27.9 Å². The van der Waals surface area contributed by atoms with Crippen LogP contribution in [0.3, 0.4) is 0 Å². The van der Waals surface area contributed by atoms with E-state index in [-0.39, 0.29) is 44.2 Å². The Balaban J connectivity index is 1.87. The van der Waals surface area contributed by atoms with Crippen molar-refractivity contribution in [3.05, 3.63) is 60.2 Å². The quantitative estimate of drug-likeness (QED) is 0.253. The Kier molecular flexibility index (Phi) is 10.2. The van der Waals surface area contributed by atoms with Crippen LogP contribution in [0, 0.1) is 0 Å². The number of benzene rings is 2. The lowest BCUT2D eigenvalue weighted by atomic mass is 10.2. The minimum Gasteiger partial charge on any atom is -0.480 e. The second-order valence-electron chi connectivity index (χ2n) is 6.77. The highest BCUT2D eigenvalue weighted by Gasteiger charge is 2.21. The first-order chi connectivity index (χ1) is 15.3. The van der Waals surface area contributed by atoms with Gasteiger partial charge in [0.2, 0.25) is 15.9 Å². The van der Waals surface area contributed by atoms with E-state index in [1.165, 1.54) is 24.3 Å². The molecule has 0 saturated carbocycles. The maximum Gasteiger partial charge on any atom is 0.321 e. The summed E-state index contributed by atoms with van der Waals surface area (Å²) in [6.07, 6.45) is -0.325. The van der Waals surface area contributed by atoms with Crippen molar-refractivity contribution in [2.45, 2.75) is 23.9 Å². The number of aliphatic carboxylic acids is 1. The molecule has 2 rings (SSSR count). The lowest BCUT2D eigenvalue weighted by molar-refractivity contribution is -0.141. The number of sulfonamides is 1. The number of carbonyl (C=O) groups excluding carboxylic acids is 1. The summed E-state index contributed by atoms with van der Waals surface area (Å²) in [6.45, 7) is 0.560. The number of anilines is 1. The number of amides is 1. The van der Waals surface area contributed by atoms with Crippen LogP contribution in [0.2, 0.25) is 0 Å². The molecule has 0 radical (unpaired) electrons. The molecule has 5 N–H and O–H groups in total. The first kappa shape index (κ1) is 25.4. The lowest BCUT2D eigenvalue weighted by Gasteiger charge is -2.14. The molecule has 0 bridgehead atoms. The van der Waals surface area contributed by atoms with Gasteiger partial charge in [0.15, 0.2) is 0 Å². The third kappa shape index (κ3) is 8.73. The fourth-order valence-corrected chi connectivity index (χ4v) is 3.71. The van der Waals surface area contributed by atoms with Gasteiger partial charge >= 0.3 is 5.97 Å². The van der Waals surface area contributed by atoms with Gasteiger partial charge in [-0.15, -0.1) is 0 Å². The van der Waals surface area contributed by atoms with Crippen LogP contribution in [0.5, 0.6) is 0 Å². The Labute approximate surface area is 186 Å². The number of hydrogen-bond donors (Lipinski definition) is 5. The number of carboxylic acids is 1. The predicted molar refractivity (Wildman–Crippen MR) is 117 cm³/mol. The molecule has 10 nitrogen and oxygen atoms in total. The van der Waals surface area contributed by atoms with Gasteiger partial charge < -0.3 is 25.6 Å². The van der Waals surface area contributed by atoms with Gasteiger partial charge in [0.1, 0.15) is 6.04 Å². The molecule has 0 heterocycles. The van der Waals surface area contributed by atoms with Gasteiger partial charge in [-0.3, -0.25) is 9.59 Å². The third-order valence-electron chi connectivity index (χ3n) is 4.32. The van der Waals surface area contributed by atoms with Gasteiger partial charge in [-0.1, -0.05) is 30.3 Å². The van der Waals surface area contributed by atoms with Gasteiger partial charge in [-0.2, -0.15) is 0 Å². The molecular formula is C21H27N3O7S. The molecule has 0 aliphatic rings. The van der Waals surface area contributed by atoms with E-state index in [9.17, 15) is 23.1 Å². The van der Waals surface area contributed by atoms with E-state index in [0.29, 0.717) is 5.69 Å². The Morgan fingerprint density at radius 2 is 1.69 bits per heavy atom. The monoisotopic (exact) mass is 465 g/mol. The van der Waals surface area contributed by atoms with E-state index in [4.69, 9.17) is 9.84 Å². The predicted octanol–water partition coefficient (Wildman–Crippen LogP) is 0.545. The number of aliphatic hydroxyl groups excluding tert-OH is 1. The highest BCUT2D eigenvalue weighted by Crippen LogP contribution is 2.15. The van der Waals surface area contributed by atoms with Crippen molar-refractivity contribution < 1.29 is 33.0 Å². The zero-order valence-electron chi connectivity index (χ0n) is 17.4. The van der Waals surface area contributed by atoms with Crippen molar-refractivity contribution in [1.82, 2.24) is 10.0 Å². The number of ether oxygens (including phenoxy) is 1. The molecule has 2 aromatic carbocycles. The molecule has 11 heteroatoms. The van der Waals surface area contributed by atoms with E-state index in [1.54, 1.807) is 0 Å². The fourth-order valence-electron chi connectivity index (χ4n) is 2.69. The molecular weight excluding hydrogens is 438 g/mol. The maximum absolute atomic E-state index is 12.4. The van der Waals surface area contributed by atoms with Crippen molar-refractivity contribution >= 4 is 27.6 Å². The van der Waals surface area contributed by atoms with Crippen LogP contribution in [-0.2, 0) is 30.9 Å². The molecule has 1 amide bonds. The molecule has 0 aliphatic carbocycles. The molecule has 2 aromatic rings. The molecule has 0 fully saturated rings. The Hall–Kier alpha value is -2.83. The summed E-state index contributed by atoms with van der Waals surface area (Å²) >= 11 is 0. The molecule has 174 valence electrons. The minimum atomic E-state index is -3.73. The smallest absolute Gasteiger partial charge is 0.321 e. The van der Waals surface area contributed by atoms with Crippen molar-refractivity contribution in [3.8, 4) is 0 Å². The van der Waals surface area contributed by atoms with Crippen molar-refractivity contribution in [1.29, 1.82) is 0 Å². The highest BCUT2D eigenvalue weighted by atomic mass is 32.2. The first-order valence-corrected chi connectivity index (χ1v) is 11.4. The molecule has 32 heavy (non-hydrogen) atoms. The Morgan fingerprint density at radius 1 is 1.00 bits per heavy atom. The van der Waals surface area contributed by atoms with Crippen LogP contribution in [0.25, 0.3) is 0 Å². The molecule has 1 unspecified atom stereocenters. The number of nitrogens with one attached hydrogen (secondary N) is 3. The second-order valence-corrected chi connectivity index (χ2v) is 8.53. The topological polar surface area (TPSA) is 154 Å². The van der Waals surface area contributed by atoms with Crippen LogP contribution in [-0.4, -0.2) is 62.9 Å². The Bertz CT molecular complexity index is 967.